The van der Waals surface area contributed by atoms with Crippen molar-refractivity contribution in [1.29, 1.82) is 0 Å². The monoisotopic (exact) mass is 315 g/mol. The van der Waals surface area contributed by atoms with E-state index in [1.54, 1.807) is 13.8 Å². The number of carbonyl (C=O) groups excluding carboxylic acids is 1. The lowest BCUT2D eigenvalue weighted by molar-refractivity contribution is -0.128. The average molecular weight is 315 g/mol. The molecule has 0 bridgehead atoms. The summed E-state index contributed by atoms with van der Waals surface area (Å²) in [5, 5.41) is 2.96. The fraction of sp³-hybridized carbons (Fsp3) is 0.316. The summed E-state index contributed by atoms with van der Waals surface area (Å²) < 4.78 is 18.7. The lowest BCUT2D eigenvalue weighted by atomic mass is 10.0. The predicted octanol–water partition coefficient (Wildman–Crippen LogP) is 4.49. The summed E-state index contributed by atoms with van der Waals surface area (Å²) >= 11 is 0. The first-order valence-corrected chi connectivity index (χ1v) is 7.68. The Morgan fingerprint density at radius 2 is 1.83 bits per heavy atom. The third-order valence-electron chi connectivity index (χ3n) is 3.71. The molecule has 2 aromatic carbocycles. The highest BCUT2D eigenvalue weighted by Crippen LogP contribution is 2.24. The van der Waals surface area contributed by atoms with E-state index >= 15 is 0 Å². The van der Waals surface area contributed by atoms with E-state index in [2.05, 4.69) is 5.32 Å². The maximum atomic E-state index is 13.0. The maximum Gasteiger partial charge on any atom is 0.267 e. The highest BCUT2D eigenvalue weighted by molar-refractivity contribution is 5.98. The number of nitrogens with one attached hydrogen (secondary N) is 1. The van der Waals surface area contributed by atoms with E-state index in [0.717, 1.165) is 23.2 Å². The molecule has 0 radical (unpaired) electrons. The molecular formula is C19H22FNO2. The minimum absolute atomic E-state index is 0.245. The predicted molar refractivity (Wildman–Crippen MR) is 90.3 cm³/mol. The summed E-state index contributed by atoms with van der Waals surface area (Å²) in [5.41, 5.74) is 1.84. The number of halogens is 1. The summed E-state index contributed by atoms with van der Waals surface area (Å²) in [7, 11) is 0. The van der Waals surface area contributed by atoms with Crippen molar-refractivity contribution in [2.24, 2.45) is 0 Å². The number of ether oxygens (including phenoxy) is 1. The first-order chi connectivity index (χ1) is 10.8. The largest absolute Gasteiger partial charge is 0.478 e. The first kappa shape index (κ1) is 17.0. The summed E-state index contributed by atoms with van der Waals surface area (Å²) in [6.45, 7) is 7.39. The highest BCUT2D eigenvalue weighted by Gasteiger charge is 2.30. The molecule has 0 saturated heterocycles. The number of amides is 1. The molecule has 0 aliphatic carbocycles. The lowest BCUT2D eigenvalue weighted by Crippen LogP contribution is -2.42. The number of aryl methyl sites for hydroxylation is 2. The van der Waals surface area contributed by atoms with Gasteiger partial charge < -0.3 is 10.1 Å². The number of anilines is 1. The van der Waals surface area contributed by atoms with Gasteiger partial charge in [-0.05, 0) is 62.6 Å². The van der Waals surface area contributed by atoms with Crippen LogP contribution in [0.2, 0.25) is 0 Å². The molecule has 0 atom stereocenters. The smallest absolute Gasteiger partial charge is 0.267 e. The minimum atomic E-state index is -1.08. The molecule has 2 aromatic rings. The SMILES string of the molecule is CCc1cccc(C)c1NC(=O)C(C)(C)Oc1ccc(F)cc1. The van der Waals surface area contributed by atoms with E-state index in [1.807, 2.05) is 32.0 Å². The summed E-state index contributed by atoms with van der Waals surface area (Å²) in [6.07, 6.45) is 0.830. The van der Waals surface area contributed by atoms with Gasteiger partial charge in [0.15, 0.2) is 5.60 Å². The summed E-state index contributed by atoms with van der Waals surface area (Å²) in [6, 6.07) is 11.6. The van der Waals surface area contributed by atoms with Gasteiger partial charge in [-0.1, -0.05) is 25.1 Å². The van der Waals surface area contributed by atoms with Crippen LogP contribution in [0.5, 0.6) is 5.75 Å². The molecule has 0 unspecified atom stereocenters. The van der Waals surface area contributed by atoms with Crippen molar-refractivity contribution in [2.45, 2.75) is 39.7 Å². The number of rotatable bonds is 5. The Balaban J connectivity index is 2.17. The van der Waals surface area contributed by atoms with Crippen LogP contribution in [0.1, 0.15) is 31.9 Å². The van der Waals surface area contributed by atoms with Crippen LogP contribution >= 0.6 is 0 Å². The number of carbonyl (C=O) groups is 1. The van der Waals surface area contributed by atoms with Gasteiger partial charge in [-0.25, -0.2) is 4.39 Å². The van der Waals surface area contributed by atoms with E-state index in [1.165, 1.54) is 24.3 Å². The maximum absolute atomic E-state index is 13.0. The van der Waals surface area contributed by atoms with Gasteiger partial charge in [-0.15, -0.1) is 0 Å². The molecule has 23 heavy (non-hydrogen) atoms. The fourth-order valence-electron chi connectivity index (χ4n) is 2.31. The summed E-state index contributed by atoms with van der Waals surface area (Å²) in [5.74, 6) is -0.134. The van der Waals surface area contributed by atoms with Crippen molar-refractivity contribution in [3.63, 3.8) is 0 Å². The van der Waals surface area contributed by atoms with Crippen molar-refractivity contribution in [3.05, 3.63) is 59.4 Å². The Kier molecular flexibility index (Phi) is 5.04. The van der Waals surface area contributed by atoms with Crippen molar-refractivity contribution >= 4 is 11.6 Å². The van der Waals surface area contributed by atoms with Crippen LogP contribution in [0.3, 0.4) is 0 Å². The van der Waals surface area contributed by atoms with Crippen LogP contribution in [0.4, 0.5) is 10.1 Å². The van der Waals surface area contributed by atoms with Gasteiger partial charge in [-0.2, -0.15) is 0 Å². The van der Waals surface area contributed by atoms with Crippen LogP contribution in [-0.4, -0.2) is 11.5 Å². The van der Waals surface area contributed by atoms with Gasteiger partial charge in [-0.3, -0.25) is 4.79 Å². The molecule has 122 valence electrons. The molecule has 0 fully saturated rings. The Morgan fingerprint density at radius 1 is 1.17 bits per heavy atom. The Hall–Kier alpha value is -2.36. The van der Waals surface area contributed by atoms with E-state index in [9.17, 15) is 9.18 Å². The fourth-order valence-corrected chi connectivity index (χ4v) is 2.31. The van der Waals surface area contributed by atoms with Crippen LogP contribution < -0.4 is 10.1 Å². The van der Waals surface area contributed by atoms with Crippen molar-refractivity contribution < 1.29 is 13.9 Å². The molecule has 2 rings (SSSR count). The van der Waals surface area contributed by atoms with Crippen molar-refractivity contribution in [2.75, 3.05) is 5.32 Å². The van der Waals surface area contributed by atoms with Crippen LogP contribution in [0.25, 0.3) is 0 Å². The zero-order valence-corrected chi connectivity index (χ0v) is 13.9. The third kappa shape index (κ3) is 4.09. The quantitative estimate of drug-likeness (QED) is 0.882. The molecule has 4 heteroatoms. The van der Waals surface area contributed by atoms with E-state index in [4.69, 9.17) is 4.74 Å². The number of para-hydroxylation sites is 1. The highest BCUT2D eigenvalue weighted by atomic mass is 19.1. The van der Waals surface area contributed by atoms with Gasteiger partial charge in [0.2, 0.25) is 0 Å². The molecular weight excluding hydrogens is 293 g/mol. The zero-order chi connectivity index (χ0) is 17.0. The van der Waals surface area contributed by atoms with E-state index in [-0.39, 0.29) is 11.7 Å². The minimum Gasteiger partial charge on any atom is -0.478 e. The zero-order valence-electron chi connectivity index (χ0n) is 13.9. The second kappa shape index (κ2) is 6.82. The van der Waals surface area contributed by atoms with Crippen LogP contribution in [-0.2, 0) is 11.2 Å². The van der Waals surface area contributed by atoms with Crippen molar-refractivity contribution in [3.8, 4) is 5.75 Å². The molecule has 1 amide bonds. The molecule has 0 aromatic heterocycles. The number of benzene rings is 2. The second-order valence-electron chi connectivity index (χ2n) is 5.98. The van der Waals surface area contributed by atoms with Gasteiger partial charge in [0.05, 0.1) is 0 Å². The summed E-state index contributed by atoms with van der Waals surface area (Å²) in [4.78, 5) is 12.6. The van der Waals surface area contributed by atoms with Crippen LogP contribution in [0, 0.1) is 12.7 Å². The molecule has 3 nitrogen and oxygen atoms in total. The van der Waals surface area contributed by atoms with Crippen LogP contribution in [0.15, 0.2) is 42.5 Å². The molecule has 1 N–H and O–H groups in total. The van der Waals surface area contributed by atoms with E-state index < -0.39 is 5.60 Å². The van der Waals surface area contributed by atoms with Gasteiger partial charge in [0.25, 0.3) is 5.91 Å². The second-order valence-corrected chi connectivity index (χ2v) is 5.98. The topological polar surface area (TPSA) is 38.3 Å². The van der Waals surface area contributed by atoms with Gasteiger partial charge in [0.1, 0.15) is 11.6 Å². The first-order valence-electron chi connectivity index (χ1n) is 7.68. The number of hydrogen-bond acceptors (Lipinski definition) is 2. The Labute approximate surface area is 136 Å². The normalized spacial score (nSPS) is 11.2. The Bertz CT molecular complexity index is 693. The third-order valence-corrected chi connectivity index (χ3v) is 3.71. The lowest BCUT2D eigenvalue weighted by Gasteiger charge is -2.26. The average Bonchev–Trinajstić information content (AvgIpc) is 2.51. The molecule has 0 aliphatic rings. The molecule has 0 saturated carbocycles. The van der Waals surface area contributed by atoms with Gasteiger partial charge in [0, 0.05) is 5.69 Å². The van der Waals surface area contributed by atoms with E-state index in [0.29, 0.717) is 5.75 Å². The molecule has 0 heterocycles. The van der Waals surface area contributed by atoms with Gasteiger partial charge >= 0.3 is 0 Å². The molecule has 0 spiro atoms. The number of hydrogen-bond donors (Lipinski definition) is 1. The standard InChI is InChI=1S/C19H22FNO2/c1-5-14-8-6-7-13(2)17(14)21-18(22)19(3,4)23-16-11-9-15(20)10-12-16/h6-12H,5H2,1-4H3,(H,21,22). The molecule has 0 aliphatic heterocycles. The Morgan fingerprint density at radius 3 is 2.43 bits per heavy atom. The van der Waals surface area contributed by atoms with Crippen molar-refractivity contribution in [1.82, 2.24) is 0 Å².